The van der Waals surface area contributed by atoms with E-state index in [4.69, 9.17) is 4.74 Å². The van der Waals surface area contributed by atoms with Crippen LogP contribution in [0.15, 0.2) is 54.7 Å². The first-order valence-electron chi connectivity index (χ1n) is 7.49. The third-order valence-corrected chi connectivity index (χ3v) is 3.82. The van der Waals surface area contributed by atoms with E-state index in [9.17, 15) is 4.79 Å². The first-order chi connectivity index (χ1) is 11.3. The van der Waals surface area contributed by atoms with Gasteiger partial charge in [0.2, 0.25) is 5.88 Å². The number of pyridine rings is 1. The van der Waals surface area contributed by atoms with Crippen molar-refractivity contribution in [1.29, 1.82) is 0 Å². The highest BCUT2D eigenvalue weighted by Gasteiger charge is 2.20. The summed E-state index contributed by atoms with van der Waals surface area (Å²) >= 11 is 0. The lowest BCUT2D eigenvalue weighted by atomic mass is 10.1. The van der Waals surface area contributed by atoms with Crippen molar-refractivity contribution in [3.05, 3.63) is 66.0 Å². The van der Waals surface area contributed by atoms with E-state index in [2.05, 4.69) is 15.3 Å². The highest BCUT2D eigenvalue weighted by molar-refractivity contribution is 5.97. The van der Waals surface area contributed by atoms with Crippen LogP contribution in [0.5, 0.6) is 11.6 Å². The number of hydrogen-bond acceptors (Lipinski definition) is 3. The van der Waals surface area contributed by atoms with Crippen molar-refractivity contribution in [1.82, 2.24) is 15.3 Å². The van der Waals surface area contributed by atoms with Gasteiger partial charge in [0.15, 0.2) is 0 Å². The SMILES string of the molecule is O=C1NCCc2[nH]c(-c3ccnc(Oc4ccccc4)c3)cc21. The number of fused-ring (bicyclic) bond motifs is 1. The van der Waals surface area contributed by atoms with E-state index in [1.165, 1.54) is 0 Å². The van der Waals surface area contributed by atoms with Crippen LogP contribution in [-0.4, -0.2) is 22.4 Å². The van der Waals surface area contributed by atoms with Crippen LogP contribution in [0.2, 0.25) is 0 Å². The maximum Gasteiger partial charge on any atom is 0.253 e. The molecule has 0 aliphatic carbocycles. The Bertz CT molecular complexity index is 856. The van der Waals surface area contributed by atoms with Crippen molar-refractivity contribution in [2.24, 2.45) is 0 Å². The maximum atomic E-state index is 11.9. The van der Waals surface area contributed by atoms with Gasteiger partial charge in [-0.05, 0) is 24.3 Å². The lowest BCUT2D eigenvalue weighted by Crippen LogP contribution is -2.31. The zero-order valence-electron chi connectivity index (χ0n) is 12.4. The van der Waals surface area contributed by atoms with Gasteiger partial charge in [0.1, 0.15) is 5.75 Å². The van der Waals surface area contributed by atoms with E-state index in [0.29, 0.717) is 18.0 Å². The first kappa shape index (κ1) is 13.6. The summed E-state index contributed by atoms with van der Waals surface area (Å²) in [4.78, 5) is 19.4. The van der Waals surface area contributed by atoms with E-state index in [-0.39, 0.29) is 5.91 Å². The van der Waals surface area contributed by atoms with Gasteiger partial charge in [0, 0.05) is 42.2 Å². The van der Waals surface area contributed by atoms with Crippen molar-refractivity contribution < 1.29 is 9.53 Å². The number of amides is 1. The van der Waals surface area contributed by atoms with Gasteiger partial charge in [-0.2, -0.15) is 0 Å². The Morgan fingerprint density at radius 1 is 1.09 bits per heavy atom. The second kappa shape index (κ2) is 5.61. The summed E-state index contributed by atoms with van der Waals surface area (Å²) in [6, 6.07) is 15.2. The Hall–Kier alpha value is -3.08. The Kier molecular flexibility index (Phi) is 3.31. The molecule has 0 atom stereocenters. The second-order valence-electron chi connectivity index (χ2n) is 5.38. The minimum atomic E-state index is -0.0245. The summed E-state index contributed by atoms with van der Waals surface area (Å²) in [6.45, 7) is 0.671. The van der Waals surface area contributed by atoms with E-state index >= 15 is 0 Å². The summed E-state index contributed by atoms with van der Waals surface area (Å²) in [5.74, 6) is 1.23. The molecule has 23 heavy (non-hydrogen) atoms. The average Bonchev–Trinajstić information content (AvgIpc) is 3.02. The first-order valence-corrected chi connectivity index (χ1v) is 7.49. The number of carbonyl (C=O) groups excluding carboxylic acids is 1. The molecule has 5 heteroatoms. The minimum absolute atomic E-state index is 0.0245. The molecule has 0 unspecified atom stereocenters. The van der Waals surface area contributed by atoms with Crippen molar-refractivity contribution >= 4 is 5.91 Å². The predicted octanol–water partition coefficient (Wildman–Crippen LogP) is 3.15. The van der Waals surface area contributed by atoms with Crippen LogP contribution < -0.4 is 10.1 Å². The van der Waals surface area contributed by atoms with Crippen LogP contribution in [-0.2, 0) is 6.42 Å². The molecule has 0 spiro atoms. The molecule has 3 aromatic rings. The lowest BCUT2D eigenvalue weighted by Gasteiger charge is -2.11. The molecule has 0 saturated carbocycles. The standard InChI is InChI=1S/C18H15N3O2/c22-18-14-11-16(21-15(14)7-9-20-18)12-6-8-19-17(10-12)23-13-4-2-1-3-5-13/h1-6,8,10-11,21H,7,9H2,(H,20,22). The molecule has 2 aromatic heterocycles. The number of H-pyrrole nitrogens is 1. The van der Waals surface area contributed by atoms with Crippen LogP contribution in [0.1, 0.15) is 16.1 Å². The predicted molar refractivity (Wildman–Crippen MR) is 86.6 cm³/mol. The number of rotatable bonds is 3. The smallest absolute Gasteiger partial charge is 0.253 e. The van der Waals surface area contributed by atoms with Gasteiger partial charge in [0.25, 0.3) is 5.91 Å². The molecule has 1 aromatic carbocycles. The average molecular weight is 305 g/mol. The third-order valence-electron chi connectivity index (χ3n) is 3.82. The number of aromatic amines is 1. The van der Waals surface area contributed by atoms with Gasteiger partial charge >= 0.3 is 0 Å². The fraction of sp³-hybridized carbons (Fsp3) is 0.111. The monoisotopic (exact) mass is 305 g/mol. The molecular weight excluding hydrogens is 290 g/mol. The Balaban J connectivity index is 1.65. The van der Waals surface area contributed by atoms with Crippen molar-refractivity contribution in [2.75, 3.05) is 6.54 Å². The molecule has 2 N–H and O–H groups in total. The number of carbonyl (C=O) groups is 1. The fourth-order valence-corrected chi connectivity index (χ4v) is 2.69. The van der Waals surface area contributed by atoms with Crippen molar-refractivity contribution in [3.63, 3.8) is 0 Å². The quantitative estimate of drug-likeness (QED) is 0.781. The molecule has 5 nitrogen and oxygen atoms in total. The maximum absolute atomic E-state index is 11.9. The normalized spacial score (nSPS) is 13.3. The Morgan fingerprint density at radius 2 is 1.96 bits per heavy atom. The number of nitrogens with one attached hydrogen (secondary N) is 2. The van der Waals surface area contributed by atoms with Gasteiger partial charge in [-0.15, -0.1) is 0 Å². The lowest BCUT2D eigenvalue weighted by molar-refractivity contribution is 0.0946. The zero-order chi connectivity index (χ0) is 15.6. The van der Waals surface area contributed by atoms with Gasteiger partial charge < -0.3 is 15.0 Å². The van der Waals surface area contributed by atoms with E-state index in [1.807, 2.05) is 48.5 Å². The molecule has 0 radical (unpaired) electrons. The third kappa shape index (κ3) is 2.68. The fourth-order valence-electron chi connectivity index (χ4n) is 2.69. The van der Waals surface area contributed by atoms with Gasteiger partial charge in [-0.3, -0.25) is 4.79 Å². The number of benzene rings is 1. The molecule has 1 amide bonds. The minimum Gasteiger partial charge on any atom is -0.439 e. The molecule has 0 fully saturated rings. The van der Waals surface area contributed by atoms with E-state index in [1.54, 1.807) is 6.20 Å². The summed E-state index contributed by atoms with van der Waals surface area (Å²) in [5.41, 5.74) is 3.53. The molecule has 0 bridgehead atoms. The number of nitrogens with zero attached hydrogens (tertiary/aromatic N) is 1. The molecule has 114 valence electrons. The van der Waals surface area contributed by atoms with Crippen molar-refractivity contribution in [2.45, 2.75) is 6.42 Å². The molecular formula is C18H15N3O2. The van der Waals surface area contributed by atoms with Crippen LogP contribution in [0.3, 0.4) is 0 Å². The largest absolute Gasteiger partial charge is 0.439 e. The summed E-state index contributed by atoms with van der Waals surface area (Å²) < 4.78 is 5.76. The highest BCUT2D eigenvalue weighted by atomic mass is 16.5. The molecule has 1 aliphatic heterocycles. The Morgan fingerprint density at radius 3 is 2.78 bits per heavy atom. The van der Waals surface area contributed by atoms with Crippen LogP contribution in [0.4, 0.5) is 0 Å². The summed E-state index contributed by atoms with van der Waals surface area (Å²) in [6.07, 6.45) is 2.52. The highest BCUT2D eigenvalue weighted by Crippen LogP contribution is 2.27. The zero-order valence-corrected chi connectivity index (χ0v) is 12.4. The topological polar surface area (TPSA) is 67.0 Å². The van der Waals surface area contributed by atoms with Gasteiger partial charge in [-0.25, -0.2) is 4.98 Å². The van der Waals surface area contributed by atoms with Crippen LogP contribution >= 0.6 is 0 Å². The van der Waals surface area contributed by atoms with Crippen LogP contribution in [0.25, 0.3) is 11.3 Å². The molecule has 4 rings (SSSR count). The summed E-state index contributed by atoms with van der Waals surface area (Å²) in [5, 5.41) is 2.85. The number of aromatic nitrogens is 2. The molecule has 1 aliphatic rings. The Labute approximate surface area is 133 Å². The van der Waals surface area contributed by atoms with Crippen LogP contribution in [0, 0.1) is 0 Å². The van der Waals surface area contributed by atoms with Gasteiger partial charge in [0.05, 0.1) is 5.56 Å². The van der Waals surface area contributed by atoms with E-state index < -0.39 is 0 Å². The summed E-state index contributed by atoms with van der Waals surface area (Å²) in [7, 11) is 0. The number of ether oxygens (including phenoxy) is 1. The van der Waals surface area contributed by atoms with E-state index in [0.717, 1.165) is 29.1 Å². The molecule has 3 heterocycles. The molecule has 0 saturated heterocycles. The van der Waals surface area contributed by atoms with Gasteiger partial charge in [-0.1, -0.05) is 18.2 Å². The second-order valence-corrected chi connectivity index (χ2v) is 5.38. The van der Waals surface area contributed by atoms with Crippen molar-refractivity contribution in [3.8, 4) is 22.9 Å². The number of hydrogen-bond donors (Lipinski definition) is 2. The number of para-hydroxylation sites is 1.